The molecule has 1 fully saturated rings. The molecule has 6 heteroatoms. The largest absolute Gasteiger partial charge is 0.472 e. The van der Waals surface area contributed by atoms with E-state index in [1.807, 2.05) is 35.2 Å². The molecule has 0 radical (unpaired) electrons. The minimum Gasteiger partial charge on any atom is -0.472 e. The summed E-state index contributed by atoms with van der Waals surface area (Å²) in [6, 6.07) is 11.0. The molecular weight excluding hydrogens is 342 g/mol. The zero-order valence-electron chi connectivity index (χ0n) is 15.1. The molecule has 3 aromatic rings. The normalized spacial score (nSPS) is 19.4. The van der Waals surface area contributed by atoms with Crippen LogP contribution in [-0.4, -0.2) is 40.8 Å². The Labute approximate surface area is 157 Å². The number of nitrogens with one attached hydrogen (secondary N) is 1. The van der Waals surface area contributed by atoms with Gasteiger partial charge in [-0.05, 0) is 36.6 Å². The Morgan fingerprint density at radius 3 is 2.96 bits per heavy atom. The van der Waals surface area contributed by atoms with Gasteiger partial charge in [-0.3, -0.25) is 14.6 Å². The lowest BCUT2D eigenvalue weighted by atomic mass is 10.0. The van der Waals surface area contributed by atoms with Crippen LogP contribution in [0.15, 0.2) is 59.5 Å². The fourth-order valence-corrected chi connectivity index (χ4v) is 3.63. The van der Waals surface area contributed by atoms with E-state index in [-0.39, 0.29) is 17.9 Å². The first-order chi connectivity index (χ1) is 13.1. The summed E-state index contributed by atoms with van der Waals surface area (Å²) >= 11 is 0. The third kappa shape index (κ3) is 3.43. The summed E-state index contributed by atoms with van der Waals surface area (Å²) < 4.78 is 4.95. The molecule has 138 valence electrons. The number of amides is 2. The minimum atomic E-state index is -0.190. The fraction of sp³-hybridized carbons (Fsp3) is 0.286. The molecule has 1 saturated heterocycles. The van der Waals surface area contributed by atoms with Gasteiger partial charge in [-0.25, -0.2) is 0 Å². The number of benzene rings is 1. The molecule has 0 bridgehead atoms. The highest BCUT2D eigenvalue weighted by atomic mass is 16.3. The third-order valence-corrected chi connectivity index (χ3v) is 5.25. The van der Waals surface area contributed by atoms with Crippen LogP contribution in [0.3, 0.4) is 0 Å². The molecule has 0 aliphatic carbocycles. The van der Waals surface area contributed by atoms with Crippen molar-refractivity contribution in [3.63, 3.8) is 0 Å². The highest BCUT2D eigenvalue weighted by molar-refractivity contribution is 5.98. The van der Waals surface area contributed by atoms with Crippen LogP contribution in [0, 0.1) is 5.92 Å². The number of nitrogens with zero attached hydrogens (tertiary/aromatic N) is 2. The Balaban J connectivity index is 1.50. The van der Waals surface area contributed by atoms with Crippen LogP contribution in [0.1, 0.15) is 34.1 Å². The summed E-state index contributed by atoms with van der Waals surface area (Å²) in [6.07, 6.45) is 5.53. The predicted octanol–water partition coefficient (Wildman–Crippen LogP) is 3.11. The molecule has 1 aromatic carbocycles. The monoisotopic (exact) mass is 363 g/mol. The molecule has 1 aliphatic heterocycles. The van der Waals surface area contributed by atoms with Gasteiger partial charge in [-0.1, -0.05) is 19.1 Å². The van der Waals surface area contributed by atoms with Gasteiger partial charge in [0.15, 0.2) is 0 Å². The Morgan fingerprint density at radius 1 is 1.26 bits per heavy atom. The molecule has 6 nitrogen and oxygen atoms in total. The first kappa shape index (κ1) is 17.3. The number of carbonyl (C=O) groups excluding carboxylic acids is 2. The second kappa shape index (κ2) is 7.23. The van der Waals surface area contributed by atoms with Gasteiger partial charge in [0, 0.05) is 30.2 Å². The number of hydrogen-bond donors (Lipinski definition) is 1. The first-order valence-corrected chi connectivity index (χ1v) is 9.09. The van der Waals surface area contributed by atoms with E-state index in [0.717, 1.165) is 17.3 Å². The molecule has 1 N–H and O–H groups in total. The van der Waals surface area contributed by atoms with Crippen LogP contribution < -0.4 is 5.32 Å². The Kier molecular flexibility index (Phi) is 4.62. The lowest BCUT2D eigenvalue weighted by Gasteiger charge is -2.27. The molecule has 1 aliphatic rings. The average molecular weight is 363 g/mol. The van der Waals surface area contributed by atoms with Gasteiger partial charge < -0.3 is 14.6 Å². The molecule has 2 amide bonds. The van der Waals surface area contributed by atoms with E-state index >= 15 is 0 Å². The highest BCUT2D eigenvalue weighted by Gasteiger charge is 2.35. The van der Waals surface area contributed by atoms with Crippen molar-refractivity contribution in [2.75, 3.05) is 13.1 Å². The maximum atomic E-state index is 13.1. The quantitative estimate of drug-likeness (QED) is 0.773. The minimum absolute atomic E-state index is 0.0190. The van der Waals surface area contributed by atoms with E-state index in [1.165, 1.54) is 12.5 Å². The Bertz CT molecular complexity index is 968. The standard InChI is InChI=1S/C21H21N3O3/c1-14-6-9-24(19(14)12-23-20(25)17-7-10-27-13-17)21(26)16-5-4-15-3-2-8-22-18(15)11-16/h2-5,7-8,10-11,13-14,19H,6,9,12H2,1H3,(H,23,25). The molecule has 2 aromatic heterocycles. The van der Waals surface area contributed by atoms with Gasteiger partial charge in [0.05, 0.1) is 23.4 Å². The van der Waals surface area contributed by atoms with E-state index in [0.29, 0.717) is 30.1 Å². The lowest BCUT2D eigenvalue weighted by Crippen LogP contribution is -2.45. The lowest BCUT2D eigenvalue weighted by molar-refractivity contribution is 0.0709. The van der Waals surface area contributed by atoms with Crippen molar-refractivity contribution in [2.24, 2.45) is 5.92 Å². The third-order valence-electron chi connectivity index (χ3n) is 5.25. The maximum Gasteiger partial charge on any atom is 0.254 e. The number of pyridine rings is 1. The number of aromatic nitrogens is 1. The second-order valence-corrected chi connectivity index (χ2v) is 6.96. The van der Waals surface area contributed by atoms with E-state index in [1.54, 1.807) is 12.3 Å². The Hall–Kier alpha value is -3.15. The summed E-state index contributed by atoms with van der Waals surface area (Å²) in [5.41, 5.74) is 1.92. The van der Waals surface area contributed by atoms with Crippen molar-refractivity contribution < 1.29 is 14.0 Å². The van der Waals surface area contributed by atoms with E-state index < -0.39 is 0 Å². The summed E-state index contributed by atoms with van der Waals surface area (Å²) in [5.74, 6) is 0.108. The zero-order valence-corrected chi connectivity index (χ0v) is 15.1. The smallest absolute Gasteiger partial charge is 0.254 e. The van der Waals surface area contributed by atoms with Crippen molar-refractivity contribution in [1.29, 1.82) is 0 Å². The van der Waals surface area contributed by atoms with Crippen LogP contribution in [0.25, 0.3) is 10.9 Å². The van der Waals surface area contributed by atoms with E-state index in [4.69, 9.17) is 4.42 Å². The zero-order chi connectivity index (χ0) is 18.8. The highest BCUT2D eigenvalue weighted by Crippen LogP contribution is 2.26. The number of rotatable bonds is 4. The number of furan rings is 1. The number of fused-ring (bicyclic) bond motifs is 1. The maximum absolute atomic E-state index is 13.1. The van der Waals surface area contributed by atoms with Gasteiger partial charge in [0.25, 0.3) is 11.8 Å². The molecule has 0 saturated carbocycles. The molecule has 2 atom stereocenters. The van der Waals surface area contributed by atoms with Gasteiger partial charge in [-0.15, -0.1) is 0 Å². The summed E-state index contributed by atoms with van der Waals surface area (Å²) in [4.78, 5) is 31.5. The number of carbonyl (C=O) groups is 2. The Morgan fingerprint density at radius 2 is 2.15 bits per heavy atom. The van der Waals surface area contributed by atoms with Crippen molar-refractivity contribution in [2.45, 2.75) is 19.4 Å². The number of hydrogen-bond acceptors (Lipinski definition) is 4. The SMILES string of the molecule is CC1CCN(C(=O)c2ccc3cccnc3c2)C1CNC(=O)c1ccoc1. The average Bonchev–Trinajstić information content (AvgIpc) is 3.35. The molecular formula is C21H21N3O3. The van der Waals surface area contributed by atoms with Crippen LogP contribution in [0.4, 0.5) is 0 Å². The van der Waals surface area contributed by atoms with E-state index in [2.05, 4.69) is 17.2 Å². The summed E-state index contributed by atoms with van der Waals surface area (Å²) in [6.45, 7) is 3.22. The van der Waals surface area contributed by atoms with Crippen LogP contribution in [0.5, 0.6) is 0 Å². The fourth-order valence-electron chi connectivity index (χ4n) is 3.63. The van der Waals surface area contributed by atoms with Gasteiger partial charge >= 0.3 is 0 Å². The van der Waals surface area contributed by atoms with Crippen LogP contribution >= 0.6 is 0 Å². The summed E-state index contributed by atoms with van der Waals surface area (Å²) in [5, 5.41) is 3.93. The van der Waals surface area contributed by atoms with Gasteiger partial charge in [0.1, 0.15) is 6.26 Å². The molecule has 4 rings (SSSR count). The van der Waals surface area contributed by atoms with Gasteiger partial charge in [-0.2, -0.15) is 0 Å². The van der Waals surface area contributed by atoms with Crippen LogP contribution in [-0.2, 0) is 0 Å². The van der Waals surface area contributed by atoms with Crippen molar-refractivity contribution >= 4 is 22.7 Å². The molecule has 2 unspecified atom stereocenters. The molecule has 27 heavy (non-hydrogen) atoms. The van der Waals surface area contributed by atoms with Gasteiger partial charge in [0.2, 0.25) is 0 Å². The predicted molar refractivity (Wildman–Crippen MR) is 101 cm³/mol. The topological polar surface area (TPSA) is 75.4 Å². The van der Waals surface area contributed by atoms with Crippen molar-refractivity contribution in [1.82, 2.24) is 15.2 Å². The van der Waals surface area contributed by atoms with Crippen molar-refractivity contribution in [3.8, 4) is 0 Å². The van der Waals surface area contributed by atoms with E-state index in [9.17, 15) is 9.59 Å². The first-order valence-electron chi connectivity index (χ1n) is 9.09. The molecule has 0 spiro atoms. The number of likely N-dealkylation sites (tertiary alicyclic amines) is 1. The molecule has 3 heterocycles. The summed E-state index contributed by atoms with van der Waals surface area (Å²) in [7, 11) is 0. The second-order valence-electron chi connectivity index (χ2n) is 6.96. The van der Waals surface area contributed by atoms with Crippen LogP contribution in [0.2, 0.25) is 0 Å². The van der Waals surface area contributed by atoms with Crippen molar-refractivity contribution in [3.05, 3.63) is 66.2 Å².